The quantitative estimate of drug-likeness (QED) is 0.359. The van der Waals surface area contributed by atoms with Crippen molar-refractivity contribution < 1.29 is 17.9 Å². The number of halogens is 4. The molecule has 1 aliphatic rings. The predicted octanol–water partition coefficient (Wildman–Crippen LogP) is 7.10. The molecular weight excluding hydrogens is 459 g/mol. The zero-order valence-corrected chi connectivity index (χ0v) is 20.1. The minimum absolute atomic E-state index is 0. The van der Waals surface area contributed by atoms with Crippen LogP contribution in [0.1, 0.15) is 41.7 Å². The Morgan fingerprint density at radius 2 is 1.53 bits per heavy atom. The van der Waals surface area contributed by atoms with E-state index < -0.39 is 17.3 Å². The summed E-state index contributed by atoms with van der Waals surface area (Å²) in [6.07, 6.45) is -0.658. The number of nitrogens with one attached hydrogen (secondary N) is 1. The molecule has 0 spiro atoms. The van der Waals surface area contributed by atoms with Gasteiger partial charge >= 0.3 is 6.18 Å². The third kappa shape index (κ3) is 6.43. The molecule has 0 amide bonds. The molecule has 0 unspecified atom stereocenters. The first kappa shape index (κ1) is 25.9. The van der Waals surface area contributed by atoms with Crippen LogP contribution >= 0.6 is 12.4 Å². The second kappa shape index (κ2) is 10.7. The van der Waals surface area contributed by atoms with Gasteiger partial charge in [-0.3, -0.25) is 0 Å². The van der Waals surface area contributed by atoms with Crippen molar-refractivity contribution in [2.75, 3.05) is 13.1 Å². The Bertz CT molecular complexity index is 1140. The molecule has 0 fully saturated rings. The van der Waals surface area contributed by atoms with Gasteiger partial charge in [-0.2, -0.15) is 13.2 Å². The lowest BCUT2D eigenvalue weighted by atomic mass is 9.88. The molecule has 0 saturated heterocycles. The maximum Gasteiger partial charge on any atom is 0.416 e. The SMILES string of the molecule is CC1(C)C=C(c2cccc(C(F)(F)F)c2)c2ccc(CCNCCc3ccccc3)cc2O1.Cl. The van der Waals surface area contributed by atoms with Gasteiger partial charge in [0.1, 0.15) is 11.4 Å². The summed E-state index contributed by atoms with van der Waals surface area (Å²) in [6, 6.07) is 21.8. The van der Waals surface area contributed by atoms with Gasteiger partial charge in [0.15, 0.2) is 0 Å². The smallest absolute Gasteiger partial charge is 0.416 e. The Hall–Kier alpha value is -2.76. The van der Waals surface area contributed by atoms with E-state index in [0.717, 1.165) is 48.7 Å². The third-order valence-corrected chi connectivity index (χ3v) is 5.73. The van der Waals surface area contributed by atoms with Crippen LogP contribution in [0, 0.1) is 0 Å². The van der Waals surface area contributed by atoms with Gasteiger partial charge in [0.2, 0.25) is 0 Å². The first-order valence-electron chi connectivity index (χ1n) is 11.2. The number of benzene rings is 3. The largest absolute Gasteiger partial charge is 0.483 e. The number of fused-ring (bicyclic) bond motifs is 1. The molecule has 34 heavy (non-hydrogen) atoms. The molecule has 0 aromatic heterocycles. The molecule has 6 heteroatoms. The fourth-order valence-corrected chi connectivity index (χ4v) is 4.10. The van der Waals surface area contributed by atoms with Crippen molar-refractivity contribution in [2.45, 2.75) is 38.5 Å². The zero-order chi connectivity index (χ0) is 23.5. The van der Waals surface area contributed by atoms with Crippen LogP contribution in [0.3, 0.4) is 0 Å². The summed E-state index contributed by atoms with van der Waals surface area (Å²) in [4.78, 5) is 0. The van der Waals surface area contributed by atoms with Gasteiger partial charge in [-0.15, -0.1) is 12.4 Å². The average molecular weight is 488 g/mol. The fraction of sp³-hybridized carbons (Fsp3) is 0.286. The highest BCUT2D eigenvalue weighted by Gasteiger charge is 2.32. The van der Waals surface area contributed by atoms with E-state index in [1.54, 1.807) is 6.07 Å². The number of alkyl halides is 3. The van der Waals surface area contributed by atoms with Crippen molar-refractivity contribution in [2.24, 2.45) is 0 Å². The highest BCUT2D eigenvalue weighted by molar-refractivity contribution is 5.85. The van der Waals surface area contributed by atoms with Gasteiger partial charge in [0, 0.05) is 5.56 Å². The van der Waals surface area contributed by atoms with E-state index in [1.165, 1.54) is 17.7 Å². The van der Waals surface area contributed by atoms with Crippen molar-refractivity contribution in [1.29, 1.82) is 0 Å². The molecule has 4 rings (SSSR count). The second-order valence-corrected chi connectivity index (χ2v) is 8.91. The summed E-state index contributed by atoms with van der Waals surface area (Å²) in [6.45, 7) is 5.58. The van der Waals surface area contributed by atoms with E-state index in [0.29, 0.717) is 11.3 Å². The molecular formula is C28H29ClF3NO. The van der Waals surface area contributed by atoms with Crippen LogP contribution in [0.2, 0.25) is 0 Å². The second-order valence-electron chi connectivity index (χ2n) is 8.91. The molecule has 180 valence electrons. The van der Waals surface area contributed by atoms with Crippen LogP contribution in [0.15, 0.2) is 78.9 Å². The molecule has 0 aliphatic carbocycles. The maximum absolute atomic E-state index is 13.3. The van der Waals surface area contributed by atoms with E-state index in [4.69, 9.17) is 4.74 Å². The Morgan fingerprint density at radius 3 is 2.24 bits per heavy atom. The molecule has 0 atom stereocenters. The van der Waals surface area contributed by atoms with E-state index in [1.807, 2.05) is 56.3 Å². The number of ether oxygens (including phenoxy) is 1. The minimum atomic E-state index is -4.38. The Balaban J connectivity index is 0.00000324. The van der Waals surface area contributed by atoms with E-state index in [9.17, 15) is 13.2 Å². The first-order valence-corrected chi connectivity index (χ1v) is 11.2. The van der Waals surface area contributed by atoms with Gasteiger partial charge in [-0.1, -0.05) is 54.6 Å². The van der Waals surface area contributed by atoms with Crippen LogP contribution in [0.5, 0.6) is 5.75 Å². The van der Waals surface area contributed by atoms with Crippen LogP contribution in [-0.4, -0.2) is 18.7 Å². The van der Waals surface area contributed by atoms with Gasteiger partial charge in [0.05, 0.1) is 5.56 Å². The lowest BCUT2D eigenvalue weighted by molar-refractivity contribution is -0.137. The predicted molar refractivity (Wildman–Crippen MR) is 134 cm³/mol. The van der Waals surface area contributed by atoms with Crippen molar-refractivity contribution in [1.82, 2.24) is 5.32 Å². The number of hydrogen-bond acceptors (Lipinski definition) is 2. The standard InChI is InChI=1S/C28H28F3NO.ClH/c1-27(2)19-25(22-9-6-10-23(18-22)28(29,30)31)24-12-11-21(17-26(24)33-27)14-16-32-15-13-20-7-4-3-5-8-20;/h3-12,17-19,32H,13-16H2,1-2H3;1H. The van der Waals surface area contributed by atoms with Gasteiger partial charge in [0.25, 0.3) is 0 Å². The molecule has 0 radical (unpaired) electrons. The average Bonchev–Trinajstić information content (AvgIpc) is 2.78. The fourth-order valence-electron chi connectivity index (χ4n) is 4.10. The highest BCUT2D eigenvalue weighted by atomic mass is 35.5. The minimum Gasteiger partial charge on any atom is -0.483 e. The number of hydrogen-bond donors (Lipinski definition) is 1. The Kier molecular flexibility index (Phi) is 8.11. The molecule has 3 aromatic carbocycles. The molecule has 1 heterocycles. The molecule has 3 aromatic rings. The monoisotopic (exact) mass is 487 g/mol. The maximum atomic E-state index is 13.3. The molecule has 0 bridgehead atoms. The Morgan fingerprint density at radius 1 is 0.824 bits per heavy atom. The normalized spacial score (nSPS) is 14.4. The van der Waals surface area contributed by atoms with Crippen molar-refractivity contribution in [3.63, 3.8) is 0 Å². The molecule has 1 N–H and O–H groups in total. The van der Waals surface area contributed by atoms with Gasteiger partial charge in [-0.25, -0.2) is 0 Å². The summed E-state index contributed by atoms with van der Waals surface area (Å²) in [5.41, 5.74) is 3.28. The summed E-state index contributed by atoms with van der Waals surface area (Å²) in [5, 5.41) is 3.47. The molecule has 1 aliphatic heterocycles. The van der Waals surface area contributed by atoms with Crippen molar-refractivity contribution in [3.05, 3.63) is 107 Å². The lowest BCUT2D eigenvalue weighted by Crippen LogP contribution is -2.29. The van der Waals surface area contributed by atoms with Crippen molar-refractivity contribution in [3.8, 4) is 5.75 Å². The van der Waals surface area contributed by atoms with Crippen LogP contribution in [-0.2, 0) is 19.0 Å². The summed E-state index contributed by atoms with van der Waals surface area (Å²) >= 11 is 0. The van der Waals surface area contributed by atoms with Crippen molar-refractivity contribution >= 4 is 18.0 Å². The van der Waals surface area contributed by atoms with E-state index in [-0.39, 0.29) is 12.4 Å². The third-order valence-electron chi connectivity index (χ3n) is 5.73. The summed E-state index contributed by atoms with van der Waals surface area (Å²) < 4.78 is 45.9. The van der Waals surface area contributed by atoms with Gasteiger partial charge < -0.3 is 10.1 Å². The lowest BCUT2D eigenvalue weighted by Gasteiger charge is -2.32. The van der Waals surface area contributed by atoms with Gasteiger partial charge in [-0.05, 0) is 86.3 Å². The summed E-state index contributed by atoms with van der Waals surface area (Å²) in [7, 11) is 0. The first-order chi connectivity index (χ1) is 15.7. The van der Waals surface area contributed by atoms with E-state index in [2.05, 4.69) is 17.4 Å². The Labute approximate surface area is 205 Å². The zero-order valence-electron chi connectivity index (χ0n) is 19.3. The highest BCUT2D eigenvalue weighted by Crippen LogP contribution is 2.41. The van der Waals surface area contributed by atoms with Crippen LogP contribution in [0.4, 0.5) is 13.2 Å². The van der Waals surface area contributed by atoms with Crippen LogP contribution in [0.25, 0.3) is 5.57 Å². The van der Waals surface area contributed by atoms with E-state index >= 15 is 0 Å². The van der Waals surface area contributed by atoms with Crippen LogP contribution < -0.4 is 10.1 Å². The summed E-state index contributed by atoms with van der Waals surface area (Å²) in [5.74, 6) is 0.705. The number of rotatable bonds is 7. The topological polar surface area (TPSA) is 21.3 Å². The molecule has 2 nitrogen and oxygen atoms in total. The molecule has 0 saturated carbocycles.